The molecule has 7 heteroatoms. The summed E-state index contributed by atoms with van der Waals surface area (Å²) < 4.78 is 0. The van der Waals surface area contributed by atoms with Crippen molar-refractivity contribution in [3.63, 3.8) is 0 Å². The predicted octanol–water partition coefficient (Wildman–Crippen LogP) is 2.89. The molecule has 0 radical (unpaired) electrons. The molecule has 6 nitrogen and oxygen atoms in total. The highest BCUT2D eigenvalue weighted by atomic mass is 35.5. The van der Waals surface area contributed by atoms with Gasteiger partial charge in [-0.05, 0) is 45.8 Å². The van der Waals surface area contributed by atoms with Gasteiger partial charge in [-0.25, -0.2) is 0 Å². The van der Waals surface area contributed by atoms with Crippen molar-refractivity contribution >= 4 is 24.0 Å². The van der Waals surface area contributed by atoms with E-state index < -0.39 is 4.92 Å². The van der Waals surface area contributed by atoms with Gasteiger partial charge in [0.05, 0.1) is 11.3 Å². The summed E-state index contributed by atoms with van der Waals surface area (Å²) >= 11 is 0. The number of amides is 1. The van der Waals surface area contributed by atoms with Gasteiger partial charge in [0.1, 0.15) is 0 Å². The van der Waals surface area contributed by atoms with Gasteiger partial charge in [0.15, 0.2) is 0 Å². The van der Waals surface area contributed by atoms with E-state index in [9.17, 15) is 14.9 Å². The molecule has 0 aliphatic carbocycles. The minimum absolute atomic E-state index is 0. The molecular formula is C17H26ClN3O3. The third kappa shape index (κ3) is 4.92. The van der Waals surface area contributed by atoms with Gasteiger partial charge in [0.2, 0.25) is 5.91 Å². The Bertz CT molecular complexity index is 563. The third-order valence-corrected chi connectivity index (χ3v) is 4.74. The molecule has 1 aliphatic heterocycles. The molecule has 1 saturated heterocycles. The number of likely N-dealkylation sites (N-methyl/N-ethyl adjacent to an activating group) is 1. The van der Waals surface area contributed by atoms with Crippen LogP contribution in [0.15, 0.2) is 24.3 Å². The SMILES string of the molecule is CC(C1CCCCN1C(=O)Cc1ccc([N+](=O)[O-])cc1)N(C)C.Cl. The lowest BCUT2D eigenvalue weighted by Crippen LogP contribution is -2.53. The standard InChI is InChI=1S/C17H25N3O3.ClH/c1-13(18(2)3)16-6-4-5-11-19(16)17(21)12-14-7-9-15(10-8-14)20(22)23;/h7-10,13,16H,4-6,11-12H2,1-3H3;1H. The lowest BCUT2D eigenvalue weighted by atomic mass is 9.95. The molecule has 1 aromatic rings. The second-order valence-electron chi connectivity index (χ2n) is 6.45. The van der Waals surface area contributed by atoms with Crippen molar-refractivity contribution < 1.29 is 9.72 Å². The van der Waals surface area contributed by atoms with Gasteiger partial charge >= 0.3 is 0 Å². The normalized spacial score (nSPS) is 18.8. The van der Waals surface area contributed by atoms with E-state index in [4.69, 9.17) is 0 Å². The van der Waals surface area contributed by atoms with Crippen molar-refractivity contribution in [1.29, 1.82) is 0 Å². The fourth-order valence-electron chi connectivity index (χ4n) is 3.12. The number of likely N-dealkylation sites (tertiary alicyclic amines) is 1. The second kappa shape index (κ2) is 8.99. The average Bonchev–Trinajstić information content (AvgIpc) is 2.54. The molecule has 0 spiro atoms. The summed E-state index contributed by atoms with van der Waals surface area (Å²) in [6.45, 7) is 2.96. The van der Waals surface area contributed by atoms with Crippen molar-refractivity contribution in [2.45, 2.75) is 44.7 Å². The van der Waals surface area contributed by atoms with Gasteiger partial charge in [-0.1, -0.05) is 12.1 Å². The number of nitro benzene ring substituents is 1. The van der Waals surface area contributed by atoms with Crippen LogP contribution in [0, 0.1) is 10.1 Å². The first-order valence-corrected chi connectivity index (χ1v) is 8.09. The Balaban J connectivity index is 0.00000288. The highest BCUT2D eigenvalue weighted by Gasteiger charge is 2.31. The Morgan fingerprint density at radius 2 is 1.96 bits per heavy atom. The molecule has 0 N–H and O–H groups in total. The van der Waals surface area contributed by atoms with Crippen LogP contribution in [-0.4, -0.2) is 53.4 Å². The van der Waals surface area contributed by atoms with E-state index in [0.717, 1.165) is 31.4 Å². The van der Waals surface area contributed by atoms with Crippen LogP contribution in [0.5, 0.6) is 0 Å². The van der Waals surface area contributed by atoms with Gasteiger partial charge in [-0.3, -0.25) is 14.9 Å². The number of piperidine rings is 1. The fraction of sp³-hybridized carbons (Fsp3) is 0.588. The van der Waals surface area contributed by atoms with E-state index in [0.29, 0.717) is 12.5 Å². The van der Waals surface area contributed by atoms with Gasteiger partial charge < -0.3 is 9.80 Å². The molecule has 2 unspecified atom stereocenters. The first kappa shape index (κ1) is 20.4. The first-order valence-electron chi connectivity index (χ1n) is 8.09. The van der Waals surface area contributed by atoms with E-state index in [1.54, 1.807) is 12.1 Å². The Hall–Kier alpha value is -1.66. The van der Waals surface area contributed by atoms with Crippen molar-refractivity contribution in [3.8, 4) is 0 Å². The molecular weight excluding hydrogens is 330 g/mol. The molecule has 134 valence electrons. The number of carbonyl (C=O) groups excluding carboxylic acids is 1. The van der Waals surface area contributed by atoms with Gasteiger partial charge in [0, 0.05) is 30.8 Å². The average molecular weight is 356 g/mol. The minimum Gasteiger partial charge on any atom is -0.338 e. The van der Waals surface area contributed by atoms with Gasteiger partial charge in [0.25, 0.3) is 5.69 Å². The van der Waals surface area contributed by atoms with Gasteiger partial charge in [-0.2, -0.15) is 0 Å². The smallest absolute Gasteiger partial charge is 0.269 e. The number of carbonyl (C=O) groups is 1. The monoisotopic (exact) mass is 355 g/mol. The highest BCUT2D eigenvalue weighted by molar-refractivity contribution is 5.85. The quantitative estimate of drug-likeness (QED) is 0.601. The van der Waals surface area contributed by atoms with E-state index in [-0.39, 0.29) is 30.0 Å². The molecule has 1 aliphatic rings. The lowest BCUT2D eigenvalue weighted by molar-refractivity contribution is -0.384. The van der Waals surface area contributed by atoms with Crippen LogP contribution in [0.4, 0.5) is 5.69 Å². The number of nitrogens with zero attached hydrogens (tertiary/aromatic N) is 3. The zero-order valence-electron chi connectivity index (χ0n) is 14.5. The van der Waals surface area contributed by atoms with Crippen LogP contribution < -0.4 is 0 Å². The third-order valence-electron chi connectivity index (χ3n) is 4.74. The van der Waals surface area contributed by atoms with Crippen LogP contribution in [0.1, 0.15) is 31.7 Å². The maximum atomic E-state index is 12.7. The maximum Gasteiger partial charge on any atom is 0.269 e. The topological polar surface area (TPSA) is 66.7 Å². The van der Waals surface area contributed by atoms with Gasteiger partial charge in [-0.15, -0.1) is 12.4 Å². The summed E-state index contributed by atoms with van der Waals surface area (Å²) in [5.74, 6) is 0.109. The zero-order valence-corrected chi connectivity index (χ0v) is 15.3. The Kier molecular flexibility index (Phi) is 7.63. The number of halogens is 1. The highest BCUT2D eigenvalue weighted by Crippen LogP contribution is 2.23. The second-order valence-corrected chi connectivity index (χ2v) is 6.45. The van der Waals surface area contributed by atoms with Crippen LogP contribution in [0.2, 0.25) is 0 Å². The minimum atomic E-state index is -0.426. The van der Waals surface area contributed by atoms with Crippen LogP contribution >= 0.6 is 12.4 Å². The number of benzene rings is 1. The van der Waals surface area contributed by atoms with Crippen molar-refractivity contribution in [1.82, 2.24) is 9.80 Å². The summed E-state index contributed by atoms with van der Waals surface area (Å²) in [7, 11) is 4.08. The zero-order chi connectivity index (χ0) is 17.0. The number of hydrogen-bond donors (Lipinski definition) is 0. The summed E-state index contributed by atoms with van der Waals surface area (Å²) in [6.07, 6.45) is 3.53. The molecule has 1 heterocycles. The fourth-order valence-corrected chi connectivity index (χ4v) is 3.12. The molecule has 2 atom stereocenters. The molecule has 1 fully saturated rings. The molecule has 0 saturated carbocycles. The number of rotatable bonds is 5. The summed E-state index contributed by atoms with van der Waals surface area (Å²) in [5, 5.41) is 10.7. The van der Waals surface area contributed by atoms with E-state index in [1.807, 2.05) is 19.0 Å². The molecule has 2 rings (SSSR count). The number of non-ortho nitro benzene ring substituents is 1. The van der Waals surface area contributed by atoms with Crippen molar-refractivity contribution in [3.05, 3.63) is 39.9 Å². The molecule has 1 amide bonds. The largest absolute Gasteiger partial charge is 0.338 e. The van der Waals surface area contributed by atoms with Crippen LogP contribution in [0.3, 0.4) is 0 Å². The number of nitro groups is 1. The molecule has 0 bridgehead atoms. The predicted molar refractivity (Wildman–Crippen MR) is 96.5 cm³/mol. The Morgan fingerprint density at radius 1 is 1.33 bits per heavy atom. The molecule has 1 aromatic carbocycles. The van der Waals surface area contributed by atoms with Crippen LogP contribution in [-0.2, 0) is 11.2 Å². The summed E-state index contributed by atoms with van der Waals surface area (Å²) in [4.78, 5) is 27.1. The maximum absolute atomic E-state index is 12.7. The van der Waals surface area contributed by atoms with Crippen molar-refractivity contribution in [2.75, 3.05) is 20.6 Å². The van der Waals surface area contributed by atoms with E-state index in [2.05, 4.69) is 11.8 Å². The Labute approximate surface area is 149 Å². The van der Waals surface area contributed by atoms with E-state index >= 15 is 0 Å². The van der Waals surface area contributed by atoms with E-state index in [1.165, 1.54) is 12.1 Å². The molecule has 24 heavy (non-hydrogen) atoms. The Morgan fingerprint density at radius 3 is 2.50 bits per heavy atom. The first-order chi connectivity index (χ1) is 10.9. The summed E-state index contributed by atoms with van der Waals surface area (Å²) in [6, 6.07) is 6.81. The summed E-state index contributed by atoms with van der Waals surface area (Å²) in [5.41, 5.74) is 0.876. The molecule has 0 aromatic heterocycles. The van der Waals surface area contributed by atoms with Crippen LogP contribution in [0.25, 0.3) is 0 Å². The lowest BCUT2D eigenvalue weighted by Gasteiger charge is -2.41. The number of hydrogen-bond acceptors (Lipinski definition) is 4. The van der Waals surface area contributed by atoms with Crippen molar-refractivity contribution in [2.24, 2.45) is 0 Å².